The zero-order valence-corrected chi connectivity index (χ0v) is 17.6. The maximum absolute atomic E-state index is 15.1. The smallest absolute Gasteiger partial charge is 0.134 e. The van der Waals surface area contributed by atoms with E-state index in [1.54, 1.807) is 12.1 Å². The molecule has 4 rings (SSSR count). The number of nitrogens with zero attached hydrogens (tertiary/aromatic N) is 1. The highest BCUT2D eigenvalue weighted by Crippen LogP contribution is 2.27. The first-order valence-electron chi connectivity index (χ1n) is 10.7. The van der Waals surface area contributed by atoms with Crippen LogP contribution >= 0.6 is 0 Å². The lowest BCUT2D eigenvalue weighted by molar-refractivity contribution is 0.619. The van der Waals surface area contributed by atoms with Crippen LogP contribution in [0.15, 0.2) is 85.1 Å². The number of fused-ring (bicyclic) bond motifs is 1. The predicted octanol–water partition coefficient (Wildman–Crippen LogP) is 7.47. The largest absolute Gasteiger partial charge is 0.256 e. The first kappa shape index (κ1) is 20.9. The number of hydrogen-bond acceptors (Lipinski definition) is 1. The van der Waals surface area contributed by atoms with Gasteiger partial charge in [0.05, 0.1) is 5.69 Å². The quantitative estimate of drug-likeness (QED) is 0.286. The number of benzene rings is 3. The van der Waals surface area contributed by atoms with Crippen molar-refractivity contribution in [2.24, 2.45) is 0 Å². The van der Waals surface area contributed by atoms with E-state index in [0.717, 1.165) is 35.0 Å². The Morgan fingerprint density at radius 3 is 2.35 bits per heavy atom. The van der Waals surface area contributed by atoms with E-state index in [1.165, 1.54) is 17.7 Å². The summed E-state index contributed by atoms with van der Waals surface area (Å²) < 4.78 is 28.1. The summed E-state index contributed by atoms with van der Waals surface area (Å²) in [5, 5.41) is 1.47. The van der Waals surface area contributed by atoms with Gasteiger partial charge in [-0.1, -0.05) is 54.6 Å². The number of allylic oxidation sites excluding steroid dienone is 2. The molecule has 0 unspecified atom stereocenters. The molecule has 0 N–H and O–H groups in total. The lowest BCUT2D eigenvalue weighted by Crippen LogP contribution is -1.96. The van der Waals surface area contributed by atoms with Gasteiger partial charge >= 0.3 is 0 Å². The number of aromatic nitrogens is 1. The summed E-state index contributed by atoms with van der Waals surface area (Å²) in [5.41, 5.74) is 4.74. The van der Waals surface area contributed by atoms with Gasteiger partial charge in [-0.3, -0.25) is 4.98 Å². The Balaban J connectivity index is 1.52. The van der Waals surface area contributed by atoms with Gasteiger partial charge in [0.15, 0.2) is 0 Å². The third kappa shape index (κ3) is 5.05. The molecular formula is C28H25F2N. The van der Waals surface area contributed by atoms with E-state index in [9.17, 15) is 4.39 Å². The highest BCUT2D eigenvalue weighted by atomic mass is 19.1. The number of pyridine rings is 1. The Hall–Kier alpha value is -3.33. The Morgan fingerprint density at radius 1 is 0.806 bits per heavy atom. The van der Waals surface area contributed by atoms with Gasteiger partial charge < -0.3 is 0 Å². The van der Waals surface area contributed by atoms with Crippen molar-refractivity contribution < 1.29 is 8.78 Å². The summed E-state index contributed by atoms with van der Waals surface area (Å²) in [6, 6.07) is 20.1. The number of rotatable bonds is 7. The van der Waals surface area contributed by atoms with Gasteiger partial charge in [-0.2, -0.15) is 0 Å². The van der Waals surface area contributed by atoms with Crippen molar-refractivity contribution in [3.05, 3.63) is 113 Å². The molecule has 4 aromatic rings. The van der Waals surface area contributed by atoms with Crippen molar-refractivity contribution in [2.75, 3.05) is 0 Å². The molecule has 31 heavy (non-hydrogen) atoms. The van der Waals surface area contributed by atoms with Crippen LogP contribution in [0.2, 0.25) is 0 Å². The molecular weight excluding hydrogens is 388 g/mol. The summed E-state index contributed by atoms with van der Waals surface area (Å²) in [5.74, 6) is -0.437. The molecule has 0 atom stereocenters. The molecule has 156 valence electrons. The standard InChI is InChI=1S/C28H25F2N/c1-2-3-4-5-21-9-17-27(31-19-21)24-13-16-26-23(18-24)12-11-22(28(26)30)10-6-20-7-14-25(29)15-8-20/h2-3,7-9,11-19H,4-6,10H2,1H3/b3-2+. The van der Waals surface area contributed by atoms with Crippen molar-refractivity contribution in [2.45, 2.75) is 32.6 Å². The van der Waals surface area contributed by atoms with E-state index in [2.05, 4.69) is 23.2 Å². The van der Waals surface area contributed by atoms with Gasteiger partial charge in [0, 0.05) is 17.1 Å². The molecule has 0 aliphatic rings. The minimum atomic E-state index is -0.255. The topological polar surface area (TPSA) is 12.9 Å². The highest BCUT2D eigenvalue weighted by molar-refractivity contribution is 5.88. The van der Waals surface area contributed by atoms with Crippen LogP contribution in [0, 0.1) is 11.6 Å². The molecule has 0 aliphatic carbocycles. The van der Waals surface area contributed by atoms with Crippen LogP contribution in [0.1, 0.15) is 30.0 Å². The number of halogens is 2. The number of aryl methyl sites for hydroxylation is 3. The third-order valence-corrected chi connectivity index (χ3v) is 5.59. The summed E-state index contributed by atoms with van der Waals surface area (Å²) in [6.07, 6.45) is 9.36. The number of hydrogen-bond donors (Lipinski definition) is 0. The first-order valence-corrected chi connectivity index (χ1v) is 10.7. The van der Waals surface area contributed by atoms with Gasteiger partial charge in [0.25, 0.3) is 0 Å². The normalized spacial score (nSPS) is 11.5. The van der Waals surface area contributed by atoms with E-state index in [4.69, 9.17) is 0 Å². The molecule has 3 heteroatoms. The molecule has 1 aromatic heterocycles. The third-order valence-electron chi connectivity index (χ3n) is 5.59. The fourth-order valence-corrected chi connectivity index (χ4v) is 3.78. The monoisotopic (exact) mass is 413 g/mol. The lowest BCUT2D eigenvalue weighted by atomic mass is 9.98. The second-order valence-corrected chi connectivity index (χ2v) is 7.76. The second kappa shape index (κ2) is 9.65. The molecule has 1 heterocycles. The van der Waals surface area contributed by atoms with Crippen molar-refractivity contribution >= 4 is 10.8 Å². The summed E-state index contributed by atoms with van der Waals surface area (Å²) >= 11 is 0. The van der Waals surface area contributed by atoms with Crippen molar-refractivity contribution in [3.63, 3.8) is 0 Å². The maximum Gasteiger partial charge on any atom is 0.134 e. The van der Waals surface area contributed by atoms with E-state index in [0.29, 0.717) is 23.8 Å². The minimum absolute atomic E-state index is 0.182. The molecule has 0 spiro atoms. The van der Waals surface area contributed by atoms with Crippen molar-refractivity contribution in [3.8, 4) is 11.3 Å². The van der Waals surface area contributed by atoms with E-state index in [1.807, 2.05) is 49.5 Å². The average Bonchev–Trinajstić information content (AvgIpc) is 2.80. The van der Waals surface area contributed by atoms with Gasteiger partial charge in [-0.05, 0) is 78.9 Å². The molecule has 0 saturated heterocycles. The van der Waals surface area contributed by atoms with Crippen LogP contribution in [0.4, 0.5) is 8.78 Å². The molecule has 0 bridgehead atoms. The molecule has 0 radical (unpaired) electrons. The van der Waals surface area contributed by atoms with Crippen LogP contribution in [0.3, 0.4) is 0 Å². The lowest BCUT2D eigenvalue weighted by Gasteiger charge is -2.09. The molecule has 1 nitrogen and oxygen atoms in total. The Bertz CT molecular complexity index is 1190. The zero-order chi connectivity index (χ0) is 21.6. The summed E-state index contributed by atoms with van der Waals surface area (Å²) in [6.45, 7) is 2.03. The van der Waals surface area contributed by atoms with E-state index < -0.39 is 0 Å². The van der Waals surface area contributed by atoms with Crippen LogP contribution in [-0.2, 0) is 19.3 Å². The second-order valence-electron chi connectivity index (χ2n) is 7.76. The summed E-state index contributed by atoms with van der Waals surface area (Å²) in [4.78, 5) is 4.60. The predicted molar refractivity (Wildman–Crippen MR) is 124 cm³/mol. The van der Waals surface area contributed by atoms with Crippen LogP contribution in [0.25, 0.3) is 22.0 Å². The maximum atomic E-state index is 15.1. The average molecular weight is 414 g/mol. The van der Waals surface area contributed by atoms with Gasteiger partial charge in [0.2, 0.25) is 0 Å². The fraction of sp³-hybridized carbons (Fsp3) is 0.179. The molecule has 0 aliphatic heterocycles. The van der Waals surface area contributed by atoms with Crippen molar-refractivity contribution in [1.82, 2.24) is 4.98 Å². The van der Waals surface area contributed by atoms with Crippen LogP contribution < -0.4 is 0 Å². The van der Waals surface area contributed by atoms with Crippen molar-refractivity contribution in [1.29, 1.82) is 0 Å². The Kier molecular flexibility index (Phi) is 6.51. The van der Waals surface area contributed by atoms with E-state index >= 15 is 4.39 Å². The molecule has 0 saturated carbocycles. The van der Waals surface area contributed by atoms with Gasteiger partial charge in [-0.25, -0.2) is 8.78 Å². The molecule has 3 aromatic carbocycles. The fourth-order valence-electron chi connectivity index (χ4n) is 3.78. The summed E-state index contributed by atoms with van der Waals surface area (Å²) in [7, 11) is 0. The van der Waals surface area contributed by atoms with Gasteiger partial charge in [-0.15, -0.1) is 0 Å². The van der Waals surface area contributed by atoms with E-state index in [-0.39, 0.29) is 11.6 Å². The first-order chi connectivity index (χ1) is 15.1. The highest BCUT2D eigenvalue weighted by Gasteiger charge is 2.10. The Morgan fingerprint density at radius 2 is 1.61 bits per heavy atom. The molecule has 0 amide bonds. The SMILES string of the molecule is C/C=C/CCc1ccc(-c2ccc3c(F)c(CCc4ccc(F)cc4)ccc3c2)nc1. The minimum Gasteiger partial charge on any atom is -0.256 e. The zero-order valence-electron chi connectivity index (χ0n) is 17.6. The Labute approximate surface area is 182 Å². The van der Waals surface area contributed by atoms with Crippen LogP contribution in [0.5, 0.6) is 0 Å². The van der Waals surface area contributed by atoms with Gasteiger partial charge in [0.1, 0.15) is 11.6 Å². The molecule has 0 fully saturated rings. The van der Waals surface area contributed by atoms with Crippen LogP contribution in [-0.4, -0.2) is 4.98 Å².